The van der Waals surface area contributed by atoms with Crippen molar-refractivity contribution in [2.24, 2.45) is 0 Å². The maximum Gasteiger partial charge on any atom is 0.326 e. The van der Waals surface area contributed by atoms with Crippen LogP contribution in [0.3, 0.4) is 0 Å². The lowest BCUT2D eigenvalue weighted by molar-refractivity contribution is -0.148. The van der Waals surface area contributed by atoms with E-state index in [0.717, 1.165) is 31.4 Å². The first kappa shape index (κ1) is 15.4. The van der Waals surface area contributed by atoms with Gasteiger partial charge >= 0.3 is 5.97 Å². The number of methoxy groups -OCH3 is 1. The second-order valence-corrected chi connectivity index (χ2v) is 6.44. The van der Waals surface area contributed by atoms with Gasteiger partial charge in [0.2, 0.25) is 0 Å². The van der Waals surface area contributed by atoms with E-state index in [1.807, 2.05) is 18.2 Å². The van der Waals surface area contributed by atoms with Gasteiger partial charge in [-0.2, -0.15) is 0 Å². The molecule has 0 aromatic heterocycles. The van der Waals surface area contributed by atoms with Gasteiger partial charge in [-0.3, -0.25) is 10.1 Å². The van der Waals surface area contributed by atoms with Crippen molar-refractivity contribution in [3.05, 3.63) is 30.3 Å². The number of esters is 1. The Labute approximate surface area is 125 Å². The van der Waals surface area contributed by atoms with Crippen molar-refractivity contribution >= 4 is 17.7 Å². The number of rotatable bonds is 6. The van der Waals surface area contributed by atoms with Crippen LogP contribution in [0, 0.1) is 0 Å². The van der Waals surface area contributed by atoms with E-state index in [0.29, 0.717) is 6.04 Å². The predicted octanol–water partition coefficient (Wildman–Crippen LogP) is 3.24. The Hall–Kier alpha value is -1.00. The van der Waals surface area contributed by atoms with Gasteiger partial charge in [-0.25, -0.2) is 0 Å². The lowest BCUT2D eigenvalue weighted by atomic mass is 9.94. The first-order chi connectivity index (χ1) is 9.70. The molecular formula is C16H23NO2S. The molecule has 1 N–H and O–H groups in total. The molecule has 0 bridgehead atoms. The number of carbonyl (C=O) groups is 1. The summed E-state index contributed by atoms with van der Waals surface area (Å²) in [5, 5.41) is 3.50. The van der Waals surface area contributed by atoms with E-state index in [4.69, 9.17) is 4.74 Å². The third kappa shape index (κ3) is 3.55. The summed E-state index contributed by atoms with van der Waals surface area (Å²) in [5.74, 6) is 0.810. The molecule has 0 amide bonds. The number of benzene rings is 1. The van der Waals surface area contributed by atoms with Crippen molar-refractivity contribution in [1.82, 2.24) is 5.32 Å². The molecule has 2 atom stereocenters. The van der Waals surface area contributed by atoms with Crippen LogP contribution >= 0.6 is 11.8 Å². The number of hydrogen-bond acceptors (Lipinski definition) is 4. The molecular weight excluding hydrogens is 270 g/mol. The lowest BCUT2D eigenvalue weighted by Crippen LogP contribution is -2.51. The fourth-order valence-corrected chi connectivity index (χ4v) is 3.81. The summed E-state index contributed by atoms with van der Waals surface area (Å²) in [4.78, 5) is 13.4. The van der Waals surface area contributed by atoms with Gasteiger partial charge in [-0.1, -0.05) is 25.1 Å². The van der Waals surface area contributed by atoms with Gasteiger partial charge in [0, 0.05) is 16.7 Å². The zero-order valence-electron chi connectivity index (χ0n) is 12.2. The molecule has 1 aromatic carbocycles. The Balaban J connectivity index is 1.94. The smallest absolute Gasteiger partial charge is 0.326 e. The molecule has 20 heavy (non-hydrogen) atoms. The molecule has 110 valence electrons. The van der Waals surface area contributed by atoms with Gasteiger partial charge in [0.25, 0.3) is 0 Å². The van der Waals surface area contributed by atoms with Crippen molar-refractivity contribution in [3.63, 3.8) is 0 Å². The van der Waals surface area contributed by atoms with Gasteiger partial charge in [-0.15, -0.1) is 11.8 Å². The Bertz CT molecular complexity index is 437. The van der Waals surface area contributed by atoms with E-state index in [1.165, 1.54) is 12.0 Å². The number of carbonyl (C=O) groups excluding carboxylic acids is 1. The highest BCUT2D eigenvalue weighted by molar-refractivity contribution is 7.99. The van der Waals surface area contributed by atoms with Crippen LogP contribution in [0.25, 0.3) is 0 Å². The first-order valence-electron chi connectivity index (χ1n) is 7.24. The summed E-state index contributed by atoms with van der Waals surface area (Å²) in [6, 6.07) is 10.7. The van der Waals surface area contributed by atoms with Crippen LogP contribution < -0.4 is 5.32 Å². The fourth-order valence-electron chi connectivity index (χ4n) is 2.78. The molecule has 1 aromatic rings. The molecule has 0 unspecified atom stereocenters. The van der Waals surface area contributed by atoms with E-state index in [-0.39, 0.29) is 5.97 Å². The minimum Gasteiger partial charge on any atom is -0.468 e. The molecule has 1 aliphatic heterocycles. The largest absolute Gasteiger partial charge is 0.468 e. The monoisotopic (exact) mass is 293 g/mol. The molecule has 1 fully saturated rings. The minimum absolute atomic E-state index is 0.109. The van der Waals surface area contributed by atoms with Gasteiger partial charge in [-0.05, 0) is 37.8 Å². The number of ether oxygens (including phenoxy) is 1. The average Bonchev–Trinajstić information content (AvgIpc) is 2.92. The van der Waals surface area contributed by atoms with Crippen LogP contribution in [-0.2, 0) is 9.53 Å². The van der Waals surface area contributed by atoms with Gasteiger partial charge < -0.3 is 4.74 Å². The predicted molar refractivity (Wildman–Crippen MR) is 83.0 cm³/mol. The minimum atomic E-state index is -0.475. The number of hydrogen-bond donors (Lipinski definition) is 1. The lowest BCUT2D eigenvalue weighted by Gasteiger charge is -2.27. The van der Waals surface area contributed by atoms with Crippen molar-refractivity contribution < 1.29 is 9.53 Å². The fraction of sp³-hybridized carbons (Fsp3) is 0.562. The van der Waals surface area contributed by atoms with E-state index in [9.17, 15) is 4.79 Å². The summed E-state index contributed by atoms with van der Waals surface area (Å²) in [7, 11) is 1.48. The Morgan fingerprint density at radius 2 is 2.20 bits per heavy atom. The molecule has 1 aliphatic rings. The Kier molecular flexibility index (Phi) is 5.49. The van der Waals surface area contributed by atoms with Gasteiger partial charge in [0.05, 0.1) is 7.11 Å². The molecule has 3 nitrogen and oxygen atoms in total. The quantitative estimate of drug-likeness (QED) is 0.645. The van der Waals surface area contributed by atoms with Crippen LogP contribution in [0.15, 0.2) is 35.2 Å². The summed E-state index contributed by atoms with van der Waals surface area (Å²) in [5.41, 5.74) is -0.475. The maximum absolute atomic E-state index is 12.1. The number of nitrogens with one attached hydrogen (secondary N) is 1. The van der Waals surface area contributed by atoms with Crippen LogP contribution in [0.4, 0.5) is 0 Å². The van der Waals surface area contributed by atoms with Crippen molar-refractivity contribution in [2.75, 3.05) is 12.9 Å². The van der Waals surface area contributed by atoms with E-state index in [2.05, 4.69) is 24.4 Å². The van der Waals surface area contributed by atoms with Gasteiger partial charge in [0.15, 0.2) is 0 Å². The second kappa shape index (κ2) is 7.14. The third-order valence-corrected chi connectivity index (χ3v) is 5.02. The normalized spacial score (nSPS) is 25.6. The summed E-state index contributed by atoms with van der Waals surface area (Å²) in [6.07, 6.45) is 3.81. The zero-order valence-corrected chi connectivity index (χ0v) is 13.0. The molecule has 0 spiro atoms. The van der Waals surface area contributed by atoms with Gasteiger partial charge in [0.1, 0.15) is 5.54 Å². The van der Waals surface area contributed by atoms with E-state index < -0.39 is 5.54 Å². The third-order valence-electron chi connectivity index (χ3n) is 4.01. The topological polar surface area (TPSA) is 38.3 Å². The maximum atomic E-state index is 12.1. The van der Waals surface area contributed by atoms with Crippen molar-refractivity contribution in [2.45, 2.75) is 49.1 Å². The molecule has 4 heteroatoms. The molecule has 0 aliphatic carbocycles. The van der Waals surface area contributed by atoms with Crippen LogP contribution in [0.2, 0.25) is 0 Å². The van der Waals surface area contributed by atoms with E-state index >= 15 is 0 Å². The van der Waals surface area contributed by atoms with Crippen molar-refractivity contribution in [1.29, 1.82) is 0 Å². The van der Waals surface area contributed by atoms with Crippen LogP contribution in [-0.4, -0.2) is 30.4 Å². The standard InChI is InChI=1S/C16H23NO2S/c1-3-13-9-10-16(17-13,15(18)19-2)11-12-20-14-7-5-4-6-8-14/h4-8,13,17H,3,9-12H2,1-2H3/t13-,16-/m0/s1. The Morgan fingerprint density at radius 3 is 2.80 bits per heavy atom. The first-order valence-corrected chi connectivity index (χ1v) is 8.22. The summed E-state index contributed by atoms with van der Waals surface area (Å²) < 4.78 is 5.02. The Morgan fingerprint density at radius 1 is 1.45 bits per heavy atom. The highest BCUT2D eigenvalue weighted by Gasteiger charge is 2.44. The number of thioether (sulfide) groups is 1. The molecule has 1 saturated heterocycles. The van der Waals surface area contributed by atoms with Crippen molar-refractivity contribution in [3.8, 4) is 0 Å². The summed E-state index contributed by atoms with van der Waals surface area (Å²) in [6.45, 7) is 2.16. The molecule has 0 radical (unpaired) electrons. The molecule has 0 saturated carbocycles. The molecule has 1 heterocycles. The highest BCUT2D eigenvalue weighted by atomic mass is 32.2. The zero-order chi connectivity index (χ0) is 14.4. The van der Waals surface area contributed by atoms with Crippen LogP contribution in [0.5, 0.6) is 0 Å². The summed E-state index contributed by atoms with van der Waals surface area (Å²) >= 11 is 1.79. The van der Waals surface area contributed by atoms with E-state index in [1.54, 1.807) is 11.8 Å². The average molecular weight is 293 g/mol. The molecule has 2 rings (SSSR count). The highest BCUT2D eigenvalue weighted by Crippen LogP contribution is 2.32. The van der Waals surface area contributed by atoms with Crippen LogP contribution in [0.1, 0.15) is 32.6 Å². The second-order valence-electron chi connectivity index (χ2n) is 5.27. The SMILES string of the molecule is CC[C@H]1CC[C@](CCSc2ccccc2)(C(=O)OC)N1.